The van der Waals surface area contributed by atoms with Gasteiger partial charge in [-0.2, -0.15) is 18.3 Å². The van der Waals surface area contributed by atoms with Crippen molar-refractivity contribution in [2.45, 2.75) is 31.9 Å². The van der Waals surface area contributed by atoms with Crippen LogP contribution in [0.3, 0.4) is 0 Å². The molecule has 0 unspecified atom stereocenters. The Morgan fingerprint density at radius 3 is 2.80 bits per heavy atom. The number of halogens is 3. The molecule has 0 bridgehead atoms. The van der Waals surface area contributed by atoms with Gasteiger partial charge < -0.3 is 5.32 Å². The van der Waals surface area contributed by atoms with E-state index in [4.69, 9.17) is 0 Å². The summed E-state index contributed by atoms with van der Waals surface area (Å²) in [7, 11) is 0. The normalized spacial score (nSPS) is 16.4. The summed E-state index contributed by atoms with van der Waals surface area (Å²) in [6.07, 6.45) is 3.26. The monoisotopic (exact) mass is 284 g/mol. The lowest BCUT2D eigenvalue weighted by Crippen LogP contribution is -2.16. The molecular formula is C13H15F3N4. The van der Waals surface area contributed by atoms with Crippen LogP contribution in [-0.2, 0) is 6.18 Å². The maximum Gasteiger partial charge on any atom is 0.435 e. The summed E-state index contributed by atoms with van der Waals surface area (Å²) in [4.78, 5) is 4.10. The summed E-state index contributed by atoms with van der Waals surface area (Å²) >= 11 is 0. The number of rotatable bonds is 4. The standard InChI is InChI=1S/C13H15F3N4/c14-13(15,16)11-8-10-12(18-6-7-20(10)19-11)17-5-4-9-2-1-3-9/h6-9H,1-5H2,(H,17,18). The van der Waals surface area contributed by atoms with Crippen LogP contribution in [-0.4, -0.2) is 21.1 Å². The Hall–Kier alpha value is -1.79. The fraction of sp³-hybridized carbons (Fsp3) is 0.538. The fourth-order valence-corrected chi connectivity index (χ4v) is 2.37. The topological polar surface area (TPSA) is 42.2 Å². The van der Waals surface area contributed by atoms with Crippen LogP contribution in [0.4, 0.5) is 19.0 Å². The average Bonchev–Trinajstić information content (AvgIpc) is 2.76. The summed E-state index contributed by atoms with van der Waals surface area (Å²) in [5.41, 5.74) is -0.541. The van der Waals surface area contributed by atoms with Crippen LogP contribution in [0.25, 0.3) is 5.52 Å². The first-order chi connectivity index (χ1) is 9.54. The molecule has 108 valence electrons. The molecule has 1 aliphatic carbocycles. The largest absolute Gasteiger partial charge is 0.435 e. The van der Waals surface area contributed by atoms with Gasteiger partial charge in [0.1, 0.15) is 5.52 Å². The van der Waals surface area contributed by atoms with Gasteiger partial charge in [0.25, 0.3) is 0 Å². The zero-order valence-corrected chi connectivity index (χ0v) is 10.8. The molecular weight excluding hydrogens is 269 g/mol. The summed E-state index contributed by atoms with van der Waals surface area (Å²) in [6.45, 7) is 0.726. The van der Waals surface area contributed by atoms with Gasteiger partial charge in [-0.15, -0.1) is 0 Å². The lowest BCUT2D eigenvalue weighted by Gasteiger charge is -2.25. The average molecular weight is 284 g/mol. The van der Waals surface area contributed by atoms with Gasteiger partial charge >= 0.3 is 6.18 Å². The minimum Gasteiger partial charge on any atom is -0.368 e. The van der Waals surface area contributed by atoms with Gasteiger partial charge in [-0.3, -0.25) is 0 Å². The number of aromatic nitrogens is 3. The predicted octanol–water partition coefficient (Wildman–Crippen LogP) is 3.35. The van der Waals surface area contributed by atoms with Crippen molar-refractivity contribution in [1.82, 2.24) is 14.6 Å². The van der Waals surface area contributed by atoms with E-state index in [9.17, 15) is 13.2 Å². The number of fused-ring (bicyclic) bond motifs is 1. The smallest absolute Gasteiger partial charge is 0.368 e. The Bertz CT molecular complexity index is 601. The van der Waals surface area contributed by atoms with Gasteiger partial charge in [0.2, 0.25) is 0 Å². The van der Waals surface area contributed by atoms with E-state index >= 15 is 0 Å². The highest BCUT2D eigenvalue weighted by Gasteiger charge is 2.34. The SMILES string of the molecule is FC(F)(F)c1cc2c(NCCC3CCC3)nccn2n1. The first-order valence-electron chi connectivity index (χ1n) is 6.69. The van der Waals surface area contributed by atoms with E-state index in [1.54, 1.807) is 0 Å². The fourth-order valence-electron chi connectivity index (χ4n) is 2.37. The Kier molecular flexibility index (Phi) is 3.27. The lowest BCUT2D eigenvalue weighted by atomic mass is 9.83. The van der Waals surface area contributed by atoms with Crippen LogP contribution in [0, 0.1) is 5.92 Å². The molecule has 0 aliphatic heterocycles. The Morgan fingerprint density at radius 2 is 2.15 bits per heavy atom. The van der Waals surface area contributed by atoms with Gasteiger partial charge in [-0.25, -0.2) is 9.50 Å². The number of anilines is 1. The quantitative estimate of drug-likeness (QED) is 0.936. The van der Waals surface area contributed by atoms with Crippen molar-refractivity contribution in [1.29, 1.82) is 0 Å². The van der Waals surface area contributed by atoms with E-state index in [0.717, 1.165) is 24.9 Å². The van der Waals surface area contributed by atoms with Crippen LogP contribution in [0.2, 0.25) is 0 Å². The Morgan fingerprint density at radius 1 is 1.35 bits per heavy atom. The second-order valence-electron chi connectivity index (χ2n) is 5.15. The van der Waals surface area contributed by atoms with Crippen LogP contribution in [0.5, 0.6) is 0 Å². The molecule has 0 radical (unpaired) electrons. The molecule has 0 aromatic carbocycles. The van der Waals surface area contributed by atoms with E-state index in [2.05, 4.69) is 15.4 Å². The molecule has 1 fully saturated rings. The Balaban J connectivity index is 1.77. The molecule has 0 amide bonds. The van der Waals surface area contributed by atoms with E-state index < -0.39 is 11.9 Å². The molecule has 0 spiro atoms. The van der Waals surface area contributed by atoms with Gasteiger partial charge in [0.15, 0.2) is 11.5 Å². The predicted molar refractivity (Wildman–Crippen MR) is 68.4 cm³/mol. The third kappa shape index (κ3) is 2.57. The highest BCUT2D eigenvalue weighted by Crippen LogP contribution is 2.31. The summed E-state index contributed by atoms with van der Waals surface area (Å²) in [6, 6.07) is 1.03. The second kappa shape index (κ2) is 4.96. The molecule has 4 nitrogen and oxygen atoms in total. The van der Waals surface area contributed by atoms with Crippen LogP contribution < -0.4 is 5.32 Å². The number of nitrogens with zero attached hydrogens (tertiary/aromatic N) is 3. The van der Waals surface area contributed by atoms with Crippen LogP contribution >= 0.6 is 0 Å². The van der Waals surface area contributed by atoms with Crippen molar-refractivity contribution < 1.29 is 13.2 Å². The minimum atomic E-state index is -4.44. The molecule has 7 heteroatoms. The molecule has 20 heavy (non-hydrogen) atoms. The van der Waals surface area contributed by atoms with Crippen LogP contribution in [0.15, 0.2) is 18.5 Å². The molecule has 1 N–H and O–H groups in total. The zero-order valence-electron chi connectivity index (χ0n) is 10.8. The number of nitrogens with one attached hydrogen (secondary N) is 1. The van der Waals surface area contributed by atoms with E-state index in [0.29, 0.717) is 11.3 Å². The van der Waals surface area contributed by atoms with Crippen molar-refractivity contribution >= 4 is 11.3 Å². The maximum atomic E-state index is 12.7. The molecule has 3 rings (SSSR count). The van der Waals surface area contributed by atoms with Gasteiger partial charge in [0, 0.05) is 25.0 Å². The van der Waals surface area contributed by atoms with Gasteiger partial charge in [0.05, 0.1) is 0 Å². The Labute approximate surface area is 114 Å². The van der Waals surface area contributed by atoms with E-state index in [1.807, 2.05) is 0 Å². The second-order valence-corrected chi connectivity index (χ2v) is 5.15. The van der Waals surface area contributed by atoms with Gasteiger partial charge in [-0.05, 0) is 12.3 Å². The first-order valence-corrected chi connectivity index (χ1v) is 6.69. The van der Waals surface area contributed by atoms with Crippen molar-refractivity contribution in [3.63, 3.8) is 0 Å². The van der Waals surface area contributed by atoms with Crippen molar-refractivity contribution in [3.05, 3.63) is 24.2 Å². The molecule has 2 aromatic rings. The number of hydrogen-bond acceptors (Lipinski definition) is 3. The lowest BCUT2D eigenvalue weighted by molar-refractivity contribution is -0.141. The molecule has 0 saturated heterocycles. The minimum absolute atomic E-state index is 0.355. The highest BCUT2D eigenvalue weighted by atomic mass is 19.4. The van der Waals surface area contributed by atoms with Crippen molar-refractivity contribution in [3.8, 4) is 0 Å². The summed E-state index contributed by atoms with van der Waals surface area (Å²) in [5, 5.41) is 6.64. The van der Waals surface area contributed by atoms with E-state index in [-0.39, 0.29) is 0 Å². The van der Waals surface area contributed by atoms with Gasteiger partial charge in [-0.1, -0.05) is 19.3 Å². The molecule has 1 saturated carbocycles. The first kappa shape index (κ1) is 13.2. The number of alkyl halides is 3. The van der Waals surface area contributed by atoms with E-state index in [1.165, 1.54) is 36.2 Å². The summed E-state index contributed by atoms with van der Waals surface area (Å²) < 4.78 is 39.2. The van der Waals surface area contributed by atoms with Crippen molar-refractivity contribution in [2.24, 2.45) is 5.92 Å². The van der Waals surface area contributed by atoms with Crippen molar-refractivity contribution in [2.75, 3.05) is 11.9 Å². The summed E-state index contributed by atoms with van der Waals surface area (Å²) in [5.74, 6) is 1.20. The third-order valence-corrected chi connectivity index (χ3v) is 3.75. The van der Waals surface area contributed by atoms with Crippen LogP contribution in [0.1, 0.15) is 31.4 Å². The third-order valence-electron chi connectivity index (χ3n) is 3.75. The molecule has 2 aromatic heterocycles. The highest BCUT2D eigenvalue weighted by molar-refractivity contribution is 5.67. The molecule has 2 heterocycles. The molecule has 0 atom stereocenters. The number of hydrogen-bond donors (Lipinski definition) is 1. The zero-order chi connectivity index (χ0) is 14.2. The maximum absolute atomic E-state index is 12.7. The molecule has 1 aliphatic rings.